The molecule has 3 atom stereocenters. The molecule has 9 aromatic rings. The standard InChI is InChI=1S/C72H58N2/c1-5-7-22-54(6-2)72(67-30-16-11-20-48(67)3)68-31-17-14-28-62(68)65-47-58(41-43-69(65)72)73(57-40-42-61-60-27-13-12-26-59(60)49(4)64(61)46-57)56-25-19-21-50(37-39-56)51-33-35-52(36-34-51)53-38-44-71-66(45-53)63-29-15-18-32-70(63)74(71)55-23-9-8-10-24-55/h5-18,21-49H,2,19-20H2,1,3-4H3/b7-5-,54-22+. The van der Waals surface area contributed by atoms with Gasteiger partial charge < -0.3 is 9.47 Å². The Balaban J connectivity index is 0.891. The molecule has 13 rings (SSSR count). The van der Waals surface area contributed by atoms with E-state index in [4.69, 9.17) is 0 Å². The van der Waals surface area contributed by atoms with E-state index < -0.39 is 5.41 Å². The van der Waals surface area contributed by atoms with E-state index in [1.54, 1.807) is 0 Å². The molecule has 4 aliphatic carbocycles. The van der Waals surface area contributed by atoms with E-state index in [1.807, 2.05) is 0 Å². The lowest BCUT2D eigenvalue weighted by atomic mass is 9.62. The maximum atomic E-state index is 4.47. The van der Waals surface area contributed by atoms with E-state index in [2.05, 4.69) is 286 Å². The molecule has 0 fully saturated rings. The summed E-state index contributed by atoms with van der Waals surface area (Å²) in [5.74, 6) is 0.646. The highest BCUT2D eigenvalue weighted by Gasteiger charge is 2.49. The highest BCUT2D eigenvalue weighted by molar-refractivity contribution is 6.10. The molecule has 0 bridgehead atoms. The van der Waals surface area contributed by atoms with Gasteiger partial charge in [0.05, 0.1) is 16.4 Å². The molecule has 1 aromatic heterocycles. The number of benzene rings is 8. The molecule has 74 heavy (non-hydrogen) atoms. The molecular formula is C72H58N2. The quantitative estimate of drug-likeness (QED) is 0.124. The second kappa shape index (κ2) is 18.4. The summed E-state index contributed by atoms with van der Waals surface area (Å²) in [7, 11) is 0. The minimum Gasteiger partial charge on any atom is -0.311 e. The van der Waals surface area contributed by atoms with Crippen LogP contribution in [0.3, 0.4) is 0 Å². The summed E-state index contributed by atoms with van der Waals surface area (Å²) in [4.78, 5) is 2.50. The van der Waals surface area contributed by atoms with Gasteiger partial charge in [0.2, 0.25) is 0 Å². The molecule has 0 spiro atoms. The molecular weight excluding hydrogens is 893 g/mol. The van der Waals surface area contributed by atoms with Gasteiger partial charge in [-0.15, -0.1) is 0 Å². The summed E-state index contributed by atoms with van der Waals surface area (Å²) >= 11 is 0. The molecule has 3 unspecified atom stereocenters. The van der Waals surface area contributed by atoms with Crippen molar-refractivity contribution >= 4 is 38.8 Å². The number of anilines is 2. The van der Waals surface area contributed by atoms with Gasteiger partial charge in [-0.3, -0.25) is 0 Å². The smallest absolute Gasteiger partial charge is 0.0679 e. The number of aromatic nitrogens is 1. The maximum absolute atomic E-state index is 4.47. The van der Waals surface area contributed by atoms with Gasteiger partial charge in [-0.25, -0.2) is 0 Å². The number of para-hydroxylation sites is 2. The molecule has 0 aliphatic heterocycles. The SMILES string of the molecule is C=C/C(=C\C=C/C)C1(C2=CC=CCC2C)c2ccccc2-c2cc(N(C3=CCC=C(c4ccc(-c5ccc6c(c5)c5ccccc5n6-c5ccccc5)cc4)C=C3)c3ccc4c(c3)C(C)c3ccccc3-4)ccc21. The van der Waals surface area contributed by atoms with Crippen LogP contribution in [0.5, 0.6) is 0 Å². The average molecular weight is 951 g/mol. The molecule has 4 aliphatic rings. The highest BCUT2D eigenvalue weighted by Crippen LogP contribution is 2.60. The first-order chi connectivity index (χ1) is 36.5. The Morgan fingerprint density at radius 3 is 2.15 bits per heavy atom. The van der Waals surface area contributed by atoms with Crippen molar-refractivity contribution in [1.82, 2.24) is 4.57 Å². The van der Waals surface area contributed by atoms with E-state index in [0.29, 0.717) is 11.8 Å². The molecule has 0 N–H and O–H groups in total. The third-order valence-electron chi connectivity index (χ3n) is 16.3. The summed E-state index contributed by atoms with van der Waals surface area (Å²) in [6, 6.07) is 67.9. The van der Waals surface area contributed by atoms with Gasteiger partial charge in [-0.05, 0) is 164 Å². The van der Waals surface area contributed by atoms with E-state index in [1.165, 1.54) is 105 Å². The van der Waals surface area contributed by atoms with Crippen molar-refractivity contribution in [3.63, 3.8) is 0 Å². The van der Waals surface area contributed by atoms with Gasteiger partial charge in [-0.2, -0.15) is 0 Å². The zero-order valence-corrected chi connectivity index (χ0v) is 42.3. The second-order valence-corrected chi connectivity index (χ2v) is 20.3. The van der Waals surface area contributed by atoms with Crippen LogP contribution in [0, 0.1) is 5.92 Å². The number of allylic oxidation sites excluding steroid dienone is 14. The summed E-state index contributed by atoms with van der Waals surface area (Å²) in [6.07, 6.45) is 26.8. The van der Waals surface area contributed by atoms with Crippen LogP contribution in [0.1, 0.15) is 67.3 Å². The van der Waals surface area contributed by atoms with Crippen molar-refractivity contribution in [3.8, 4) is 39.1 Å². The molecule has 0 radical (unpaired) electrons. The minimum atomic E-state index is -0.485. The topological polar surface area (TPSA) is 8.17 Å². The lowest BCUT2D eigenvalue weighted by Gasteiger charge is -2.40. The van der Waals surface area contributed by atoms with Gasteiger partial charge in [0.1, 0.15) is 0 Å². The van der Waals surface area contributed by atoms with Gasteiger partial charge in [-0.1, -0.05) is 209 Å². The van der Waals surface area contributed by atoms with Gasteiger partial charge in [0.25, 0.3) is 0 Å². The Morgan fingerprint density at radius 2 is 1.31 bits per heavy atom. The first kappa shape index (κ1) is 45.2. The largest absolute Gasteiger partial charge is 0.311 e. The summed E-state index contributed by atoms with van der Waals surface area (Å²) < 4.78 is 2.38. The van der Waals surface area contributed by atoms with Crippen LogP contribution in [0.2, 0.25) is 0 Å². The highest BCUT2D eigenvalue weighted by atomic mass is 15.1. The molecule has 8 aromatic carbocycles. The summed E-state index contributed by atoms with van der Waals surface area (Å²) in [5, 5.41) is 2.52. The molecule has 0 saturated heterocycles. The first-order valence-electron chi connectivity index (χ1n) is 26.3. The lowest BCUT2D eigenvalue weighted by molar-refractivity contribution is 0.575. The lowest BCUT2D eigenvalue weighted by Crippen LogP contribution is -2.33. The van der Waals surface area contributed by atoms with Crippen molar-refractivity contribution in [2.75, 3.05) is 4.90 Å². The summed E-state index contributed by atoms with van der Waals surface area (Å²) in [6.45, 7) is 11.3. The van der Waals surface area contributed by atoms with Crippen LogP contribution in [0.25, 0.3) is 66.4 Å². The normalized spacial score (nSPS) is 18.6. The van der Waals surface area contributed by atoms with Gasteiger partial charge >= 0.3 is 0 Å². The number of fused-ring (bicyclic) bond motifs is 9. The van der Waals surface area contributed by atoms with E-state index >= 15 is 0 Å². The Bertz CT molecular complexity index is 3950. The number of hydrogen-bond donors (Lipinski definition) is 0. The van der Waals surface area contributed by atoms with Crippen molar-refractivity contribution in [2.24, 2.45) is 5.92 Å². The fourth-order valence-electron chi connectivity index (χ4n) is 12.9. The van der Waals surface area contributed by atoms with E-state index in [9.17, 15) is 0 Å². The average Bonchev–Trinajstić information content (AvgIpc) is 4.03. The first-order valence-corrected chi connectivity index (χ1v) is 26.3. The minimum absolute atomic E-state index is 0.295. The fourth-order valence-corrected chi connectivity index (χ4v) is 12.9. The Hall–Kier alpha value is -8.72. The molecule has 0 saturated carbocycles. The zero-order valence-electron chi connectivity index (χ0n) is 42.3. The predicted molar refractivity (Wildman–Crippen MR) is 314 cm³/mol. The van der Waals surface area contributed by atoms with Crippen LogP contribution in [-0.4, -0.2) is 4.57 Å². The third kappa shape index (κ3) is 7.15. The summed E-state index contributed by atoms with van der Waals surface area (Å²) in [5.41, 5.74) is 24.6. The fraction of sp³-hybridized carbons (Fsp3) is 0.111. The van der Waals surface area contributed by atoms with Crippen LogP contribution >= 0.6 is 0 Å². The molecule has 2 nitrogen and oxygen atoms in total. The van der Waals surface area contributed by atoms with Crippen LogP contribution < -0.4 is 4.90 Å². The van der Waals surface area contributed by atoms with Crippen molar-refractivity contribution in [1.29, 1.82) is 0 Å². The predicted octanol–water partition coefficient (Wildman–Crippen LogP) is 19.1. The zero-order chi connectivity index (χ0) is 49.9. The monoisotopic (exact) mass is 950 g/mol. The maximum Gasteiger partial charge on any atom is 0.0679 e. The molecule has 356 valence electrons. The second-order valence-electron chi connectivity index (χ2n) is 20.3. The third-order valence-corrected chi connectivity index (χ3v) is 16.3. The van der Waals surface area contributed by atoms with Gasteiger partial charge in [0, 0.05) is 39.4 Å². The molecule has 0 amide bonds. The Morgan fingerprint density at radius 1 is 0.608 bits per heavy atom. The van der Waals surface area contributed by atoms with Crippen molar-refractivity contribution < 1.29 is 0 Å². The number of hydrogen-bond acceptors (Lipinski definition) is 1. The van der Waals surface area contributed by atoms with Crippen molar-refractivity contribution in [2.45, 2.75) is 44.9 Å². The molecule has 2 heteroatoms. The van der Waals surface area contributed by atoms with Gasteiger partial charge in [0.15, 0.2) is 0 Å². The molecule has 1 heterocycles. The van der Waals surface area contributed by atoms with E-state index in [-0.39, 0.29) is 0 Å². The van der Waals surface area contributed by atoms with Crippen LogP contribution in [0.15, 0.2) is 272 Å². The van der Waals surface area contributed by atoms with Crippen LogP contribution in [-0.2, 0) is 5.41 Å². The van der Waals surface area contributed by atoms with Crippen LogP contribution in [0.4, 0.5) is 11.4 Å². The number of nitrogens with zero attached hydrogens (tertiary/aromatic N) is 2. The number of rotatable bonds is 10. The Labute approximate surface area is 436 Å². The van der Waals surface area contributed by atoms with E-state index in [0.717, 1.165) is 29.9 Å². The Kier molecular flexibility index (Phi) is 11.2. The van der Waals surface area contributed by atoms with Crippen molar-refractivity contribution in [3.05, 3.63) is 300 Å².